The van der Waals surface area contributed by atoms with E-state index in [0.717, 1.165) is 0 Å². The molecule has 2 aromatic rings. The normalized spacial score (nSPS) is 21.5. The van der Waals surface area contributed by atoms with Crippen LogP contribution in [0, 0.1) is 23.7 Å². The molecule has 5 rings (SSSR count). The molecule has 2 aromatic carbocycles. The van der Waals surface area contributed by atoms with E-state index in [2.05, 4.69) is 12.0 Å². The zero-order chi connectivity index (χ0) is 22.6. The van der Waals surface area contributed by atoms with Crippen LogP contribution in [0.2, 0.25) is 5.02 Å². The minimum Gasteiger partial charge on any atom is -0.456 e. The maximum Gasteiger partial charge on any atom is 0.338 e. The van der Waals surface area contributed by atoms with E-state index < -0.39 is 17.3 Å². The van der Waals surface area contributed by atoms with Crippen molar-refractivity contribution in [1.29, 1.82) is 5.26 Å². The molecule has 3 aliphatic heterocycles. The first kappa shape index (κ1) is 19.7. The summed E-state index contributed by atoms with van der Waals surface area (Å²) in [5, 5.41) is 10.7. The second kappa shape index (κ2) is 6.91. The van der Waals surface area contributed by atoms with Gasteiger partial charge in [-0.3, -0.25) is 14.6 Å². The van der Waals surface area contributed by atoms with Gasteiger partial charge in [0.25, 0.3) is 0 Å². The summed E-state index contributed by atoms with van der Waals surface area (Å²) in [6, 6.07) is 15.9. The molecular formula is C24H15ClN4O3. The minimum atomic E-state index is -1.73. The number of amides is 1. The number of carbonyl (C=O) groups is 2. The monoisotopic (exact) mass is 442 g/mol. The summed E-state index contributed by atoms with van der Waals surface area (Å²) in [7, 11) is 0. The van der Waals surface area contributed by atoms with Gasteiger partial charge in [0.15, 0.2) is 0 Å². The van der Waals surface area contributed by atoms with E-state index in [1.165, 1.54) is 4.90 Å². The molecule has 0 aliphatic carbocycles. The molecule has 1 amide bonds. The Hall–Kier alpha value is -4.20. The summed E-state index contributed by atoms with van der Waals surface area (Å²) in [6.07, 6.45) is 5.52. The van der Waals surface area contributed by atoms with Gasteiger partial charge in [0.2, 0.25) is 5.91 Å². The van der Waals surface area contributed by atoms with Gasteiger partial charge in [-0.05, 0) is 24.3 Å². The first-order chi connectivity index (χ1) is 15.5. The summed E-state index contributed by atoms with van der Waals surface area (Å²) < 4.78 is 5.38. The third kappa shape index (κ3) is 2.31. The highest BCUT2D eigenvalue weighted by Crippen LogP contribution is 2.56. The number of nitrogens with zero attached hydrogens (tertiary/aromatic N) is 3. The molecule has 0 saturated carbocycles. The summed E-state index contributed by atoms with van der Waals surface area (Å²) in [5.74, 6) is 1.31. The van der Waals surface area contributed by atoms with Crippen molar-refractivity contribution in [2.45, 2.75) is 5.41 Å². The molecule has 0 bridgehead atoms. The van der Waals surface area contributed by atoms with Crippen LogP contribution in [-0.4, -0.2) is 25.0 Å². The molecule has 3 heterocycles. The fourth-order valence-corrected chi connectivity index (χ4v) is 4.94. The molecule has 0 fully saturated rings. The molecule has 32 heavy (non-hydrogen) atoms. The molecule has 1 atom stereocenters. The van der Waals surface area contributed by atoms with Crippen molar-refractivity contribution in [3.63, 3.8) is 0 Å². The van der Waals surface area contributed by atoms with Crippen molar-refractivity contribution in [2.24, 2.45) is 5.73 Å². The van der Waals surface area contributed by atoms with E-state index in [-0.39, 0.29) is 30.1 Å². The predicted molar refractivity (Wildman–Crippen MR) is 118 cm³/mol. The number of esters is 1. The van der Waals surface area contributed by atoms with Crippen molar-refractivity contribution < 1.29 is 14.3 Å². The van der Waals surface area contributed by atoms with Gasteiger partial charge in [-0.1, -0.05) is 41.8 Å². The molecule has 7 nitrogen and oxygen atoms in total. The van der Waals surface area contributed by atoms with Crippen LogP contribution in [0.5, 0.6) is 0 Å². The van der Waals surface area contributed by atoms with E-state index in [4.69, 9.17) is 28.5 Å². The molecule has 3 aliphatic rings. The van der Waals surface area contributed by atoms with Crippen LogP contribution in [0.1, 0.15) is 5.56 Å². The number of halogens is 1. The number of para-hydroxylation sites is 1. The summed E-state index contributed by atoms with van der Waals surface area (Å²) in [4.78, 5) is 30.0. The van der Waals surface area contributed by atoms with E-state index in [1.807, 2.05) is 0 Å². The van der Waals surface area contributed by atoms with Crippen LogP contribution in [0.15, 0.2) is 71.2 Å². The second-order valence-corrected chi connectivity index (χ2v) is 7.88. The van der Waals surface area contributed by atoms with Crippen molar-refractivity contribution in [1.82, 2.24) is 0 Å². The summed E-state index contributed by atoms with van der Waals surface area (Å²) >= 11 is 6.18. The Bertz CT molecular complexity index is 1360. The van der Waals surface area contributed by atoms with Gasteiger partial charge in [0, 0.05) is 22.0 Å². The molecule has 2 N–H and O–H groups in total. The van der Waals surface area contributed by atoms with Crippen LogP contribution in [-0.2, 0) is 19.7 Å². The minimum absolute atomic E-state index is 0.0219. The van der Waals surface area contributed by atoms with E-state index in [1.54, 1.807) is 53.4 Å². The number of hydrogen-bond acceptors (Lipinski definition) is 6. The molecule has 0 saturated heterocycles. The van der Waals surface area contributed by atoms with Gasteiger partial charge in [-0.15, -0.1) is 6.42 Å². The lowest BCUT2D eigenvalue weighted by atomic mass is 9.67. The van der Waals surface area contributed by atoms with E-state index in [0.29, 0.717) is 27.7 Å². The highest BCUT2D eigenvalue weighted by atomic mass is 35.5. The van der Waals surface area contributed by atoms with Gasteiger partial charge in [-0.25, -0.2) is 4.79 Å². The molecular weight excluding hydrogens is 428 g/mol. The standard InChI is InChI=1S/C24H15ClN4O3/c1-2-10-28-18-9-4-3-8-16(18)24(23(28)31)17(12-26)21(27)29(15-7-5-6-14(25)11-15)19-13-32-22(30)20(19)24/h1,3-9,11H,10,13,27H2. The van der Waals surface area contributed by atoms with Crippen LogP contribution in [0.3, 0.4) is 0 Å². The molecule has 0 aromatic heterocycles. The van der Waals surface area contributed by atoms with E-state index >= 15 is 0 Å². The van der Waals surface area contributed by atoms with Gasteiger partial charge in [-0.2, -0.15) is 5.26 Å². The topological polar surface area (TPSA) is 99.7 Å². The number of benzene rings is 2. The number of nitriles is 1. The number of hydrogen-bond donors (Lipinski definition) is 1. The van der Waals surface area contributed by atoms with Crippen molar-refractivity contribution in [3.05, 3.63) is 81.8 Å². The average Bonchev–Trinajstić information content (AvgIpc) is 3.27. The average molecular weight is 443 g/mol. The SMILES string of the molecule is C#CCN1C(=O)C2(C(C#N)=C(N)N(c3cccc(Cl)c3)C3=C2C(=O)OC3)c2ccccc21. The Morgan fingerprint density at radius 1 is 1.22 bits per heavy atom. The molecule has 0 radical (unpaired) electrons. The summed E-state index contributed by atoms with van der Waals surface area (Å²) in [6.45, 7) is -0.127. The Morgan fingerprint density at radius 2 is 2.00 bits per heavy atom. The number of terminal acetylenes is 1. The maximum absolute atomic E-state index is 13.9. The third-order valence-corrected chi connectivity index (χ3v) is 6.18. The highest BCUT2D eigenvalue weighted by molar-refractivity contribution is 6.30. The quantitative estimate of drug-likeness (QED) is 0.567. The largest absolute Gasteiger partial charge is 0.456 e. The molecule has 1 unspecified atom stereocenters. The number of rotatable bonds is 2. The van der Waals surface area contributed by atoms with Crippen LogP contribution in [0.4, 0.5) is 11.4 Å². The number of ether oxygens (including phenoxy) is 1. The number of nitrogens with two attached hydrogens (primary N) is 1. The van der Waals surface area contributed by atoms with Gasteiger partial charge >= 0.3 is 5.97 Å². The summed E-state index contributed by atoms with van der Waals surface area (Å²) in [5.41, 5.74) is 6.74. The van der Waals surface area contributed by atoms with E-state index in [9.17, 15) is 14.9 Å². The fraction of sp³-hybridized carbons (Fsp3) is 0.125. The van der Waals surface area contributed by atoms with Crippen molar-refractivity contribution in [3.8, 4) is 18.4 Å². The molecule has 156 valence electrons. The Kier molecular flexibility index (Phi) is 4.27. The van der Waals surface area contributed by atoms with Crippen molar-refractivity contribution in [2.75, 3.05) is 23.0 Å². The lowest BCUT2D eigenvalue weighted by Crippen LogP contribution is -2.50. The lowest BCUT2D eigenvalue weighted by Gasteiger charge is -2.38. The van der Waals surface area contributed by atoms with Gasteiger partial charge in [0.1, 0.15) is 23.9 Å². The van der Waals surface area contributed by atoms with Crippen LogP contribution >= 0.6 is 11.6 Å². The molecule has 8 heteroatoms. The first-order valence-corrected chi connectivity index (χ1v) is 10.1. The first-order valence-electron chi connectivity index (χ1n) is 9.68. The van der Waals surface area contributed by atoms with Crippen LogP contribution < -0.4 is 15.5 Å². The maximum atomic E-state index is 13.9. The highest BCUT2D eigenvalue weighted by Gasteiger charge is 2.63. The number of cyclic esters (lactones) is 1. The third-order valence-electron chi connectivity index (χ3n) is 5.94. The fourth-order valence-electron chi connectivity index (χ4n) is 4.75. The lowest BCUT2D eigenvalue weighted by molar-refractivity contribution is -0.137. The zero-order valence-corrected chi connectivity index (χ0v) is 17.4. The number of carbonyl (C=O) groups excluding carboxylic acids is 2. The Morgan fingerprint density at radius 3 is 2.72 bits per heavy atom. The zero-order valence-electron chi connectivity index (χ0n) is 16.6. The van der Waals surface area contributed by atoms with Gasteiger partial charge < -0.3 is 10.5 Å². The van der Waals surface area contributed by atoms with Gasteiger partial charge in [0.05, 0.1) is 23.4 Å². The smallest absolute Gasteiger partial charge is 0.338 e. The Labute approximate surface area is 188 Å². The second-order valence-electron chi connectivity index (χ2n) is 7.45. The van der Waals surface area contributed by atoms with Crippen LogP contribution in [0.25, 0.3) is 0 Å². The Balaban J connectivity index is 1.87. The molecule has 1 spiro atoms. The number of anilines is 2. The van der Waals surface area contributed by atoms with Crippen molar-refractivity contribution >= 4 is 34.9 Å². The predicted octanol–water partition coefficient (Wildman–Crippen LogP) is 2.58. The number of fused-ring (bicyclic) bond motifs is 3.